The van der Waals surface area contributed by atoms with Gasteiger partial charge < -0.3 is 10.1 Å². The topological polar surface area (TPSA) is 38.3 Å². The molecule has 1 atom stereocenters. The second kappa shape index (κ2) is 9.23. The molecular formula is C14H20ClNO2S. The molecule has 1 aromatic carbocycles. The lowest BCUT2D eigenvalue weighted by atomic mass is 10.2. The van der Waals surface area contributed by atoms with Gasteiger partial charge in [-0.2, -0.15) is 11.8 Å². The minimum absolute atomic E-state index is 0.208. The second-order valence-corrected chi connectivity index (χ2v) is 5.57. The summed E-state index contributed by atoms with van der Waals surface area (Å²) in [6, 6.07) is 7.51. The van der Waals surface area contributed by atoms with Gasteiger partial charge in [0, 0.05) is 16.5 Å². The van der Waals surface area contributed by atoms with Crippen molar-refractivity contribution in [1.82, 2.24) is 5.32 Å². The van der Waals surface area contributed by atoms with E-state index in [1.165, 1.54) is 7.11 Å². The van der Waals surface area contributed by atoms with Gasteiger partial charge in [0.1, 0.15) is 6.04 Å². The van der Waals surface area contributed by atoms with Crippen molar-refractivity contribution in [3.63, 3.8) is 0 Å². The molecule has 1 aromatic rings. The first kappa shape index (κ1) is 16.3. The number of carbonyl (C=O) groups excluding carboxylic acids is 1. The lowest BCUT2D eigenvalue weighted by Crippen LogP contribution is -2.40. The fraction of sp³-hybridized carbons (Fsp3) is 0.500. The Labute approximate surface area is 124 Å². The molecule has 0 radical (unpaired) electrons. The number of thioether (sulfide) groups is 1. The molecule has 3 nitrogen and oxygen atoms in total. The van der Waals surface area contributed by atoms with Gasteiger partial charge in [-0.1, -0.05) is 36.7 Å². The van der Waals surface area contributed by atoms with Crippen LogP contribution in [0.2, 0.25) is 5.02 Å². The van der Waals surface area contributed by atoms with Crippen LogP contribution in [0.3, 0.4) is 0 Å². The number of benzene rings is 1. The molecule has 0 saturated carbocycles. The molecule has 0 aliphatic carbocycles. The van der Waals surface area contributed by atoms with E-state index in [-0.39, 0.29) is 12.0 Å². The number of ether oxygens (including phenoxy) is 1. The number of hydrogen-bond acceptors (Lipinski definition) is 4. The highest BCUT2D eigenvalue weighted by molar-refractivity contribution is 7.98. The molecule has 1 rings (SSSR count). The summed E-state index contributed by atoms with van der Waals surface area (Å²) in [6.07, 6.45) is 0.989. The average molecular weight is 302 g/mol. The maximum atomic E-state index is 11.6. The maximum absolute atomic E-state index is 11.6. The lowest BCUT2D eigenvalue weighted by Gasteiger charge is -2.15. The van der Waals surface area contributed by atoms with Crippen LogP contribution in [0.15, 0.2) is 24.3 Å². The van der Waals surface area contributed by atoms with Crippen LogP contribution in [0.1, 0.15) is 18.9 Å². The zero-order valence-electron chi connectivity index (χ0n) is 11.3. The quantitative estimate of drug-likeness (QED) is 0.749. The van der Waals surface area contributed by atoms with Crippen LogP contribution in [0, 0.1) is 0 Å². The first-order valence-electron chi connectivity index (χ1n) is 6.31. The van der Waals surface area contributed by atoms with Crippen LogP contribution in [0.25, 0.3) is 0 Å². The normalized spacial score (nSPS) is 12.2. The SMILES string of the molecule is CCCNC(CSCc1ccccc1Cl)C(=O)OC. The van der Waals surface area contributed by atoms with E-state index in [0.717, 1.165) is 29.3 Å². The van der Waals surface area contributed by atoms with Crippen LogP contribution < -0.4 is 5.32 Å². The Kier molecular flexibility index (Phi) is 7.94. The number of halogens is 1. The molecule has 0 heterocycles. The Balaban J connectivity index is 2.43. The monoisotopic (exact) mass is 301 g/mol. The molecule has 0 saturated heterocycles. The Bertz CT molecular complexity index is 401. The third-order valence-electron chi connectivity index (χ3n) is 2.63. The fourth-order valence-electron chi connectivity index (χ4n) is 1.57. The molecule has 0 amide bonds. The summed E-state index contributed by atoms with van der Waals surface area (Å²) in [6.45, 7) is 2.88. The molecular weight excluding hydrogens is 282 g/mol. The Morgan fingerprint density at radius 3 is 2.84 bits per heavy atom. The molecule has 0 aromatic heterocycles. The van der Waals surface area contributed by atoms with E-state index >= 15 is 0 Å². The van der Waals surface area contributed by atoms with Gasteiger partial charge >= 0.3 is 5.97 Å². The molecule has 106 valence electrons. The van der Waals surface area contributed by atoms with Crippen molar-refractivity contribution in [3.8, 4) is 0 Å². The summed E-state index contributed by atoms with van der Waals surface area (Å²) in [5, 5.41) is 3.96. The van der Waals surface area contributed by atoms with Crippen molar-refractivity contribution in [3.05, 3.63) is 34.9 Å². The number of esters is 1. The Morgan fingerprint density at radius 1 is 1.47 bits per heavy atom. The molecule has 1 unspecified atom stereocenters. The molecule has 5 heteroatoms. The van der Waals surface area contributed by atoms with Gasteiger partial charge in [0.2, 0.25) is 0 Å². The zero-order chi connectivity index (χ0) is 14.1. The molecule has 0 spiro atoms. The first-order valence-corrected chi connectivity index (χ1v) is 7.84. The number of rotatable bonds is 8. The fourth-order valence-corrected chi connectivity index (χ4v) is 2.93. The number of nitrogens with one attached hydrogen (secondary N) is 1. The van der Waals surface area contributed by atoms with Crippen LogP contribution >= 0.6 is 23.4 Å². The number of carbonyl (C=O) groups is 1. The van der Waals surface area contributed by atoms with Crippen molar-refractivity contribution in [1.29, 1.82) is 0 Å². The largest absolute Gasteiger partial charge is 0.468 e. The summed E-state index contributed by atoms with van der Waals surface area (Å²) in [7, 11) is 1.42. The predicted octanol–water partition coefficient (Wildman–Crippen LogP) is 3.11. The van der Waals surface area contributed by atoms with Crippen LogP contribution in [0.4, 0.5) is 0 Å². The molecule has 0 bridgehead atoms. The summed E-state index contributed by atoms with van der Waals surface area (Å²) in [5.74, 6) is 1.26. The smallest absolute Gasteiger partial charge is 0.323 e. The van der Waals surface area contributed by atoms with Crippen molar-refractivity contribution in [2.75, 3.05) is 19.4 Å². The van der Waals surface area contributed by atoms with Gasteiger partial charge in [-0.05, 0) is 24.6 Å². The summed E-state index contributed by atoms with van der Waals surface area (Å²) >= 11 is 7.77. The number of hydrogen-bond donors (Lipinski definition) is 1. The summed E-state index contributed by atoms with van der Waals surface area (Å²) < 4.78 is 4.80. The van der Waals surface area contributed by atoms with Gasteiger partial charge in [-0.15, -0.1) is 0 Å². The third-order valence-corrected chi connectivity index (χ3v) is 4.08. The van der Waals surface area contributed by atoms with E-state index in [9.17, 15) is 4.79 Å². The lowest BCUT2D eigenvalue weighted by molar-refractivity contribution is -0.142. The van der Waals surface area contributed by atoms with E-state index in [0.29, 0.717) is 5.75 Å². The van der Waals surface area contributed by atoms with Gasteiger partial charge in [0.25, 0.3) is 0 Å². The Morgan fingerprint density at radius 2 is 2.21 bits per heavy atom. The van der Waals surface area contributed by atoms with E-state index in [2.05, 4.69) is 12.2 Å². The van der Waals surface area contributed by atoms with Gasteiger partial charge in [0.15, 0.2) is 0 Å². The van der Waals surface area contributed by atoms with Gasteiger partial charge in [0.05, 0.1) is 7.11 Å². The highest BCUT2D eigenvalue weighted by Gasteiger charge is 2.17. The van der Waals surface area contributed by atoms with E-state index < -0.39 is 0 Å². The van der Waals surface area contributed by atoms with Gasteiger partial charge in [-0.25, -0.2) is 0 Å². The van der Waals surface area contributed by atoms with Crippen molar-refractivity contribution in [2.45, 2.75) is 25.1 Å². The van der Waals surface area contributed by atoms with Crippen molar-refractivity contribution >= 4 is 29.3 Å². The maximum Gasteiger partial charge on any atom is 0.323 e. The van der Waals surface area contributed by atoms with Crippen LogP contribution in [-0.2, 0) is 15.3 Å². The van der Waals surface area contributed by atoms with E-state index in [1.54, 1.807) is 11.8 Å². The molecule has 0 aliphatic rings. The second-order valence-electron chi connectivity index (χ2n) is 4.14. The minimum atomic E-state index is -0.252. The molecule has 19 heavy (non-hydrogen) atoms. The number of methoxy groups -OCH3 is 1. The van der Waals surface area contributed by atoms with E-state index in [1.807, 2.05) is 24.3 Å². The third kappa shape index (κ3) is 5.85. The van der Waals surface area contributed by atoms with Crippen LogP contribution in [0.5, 0.6) is 0 Å². The molecule has 0 fully saturated rings. The summed E-state index contributed by atoms with van der Waals surface area (Å²) in [5.41, 5.74) is 1.09. The van der Waals surface area contributed by atoms with Crippen LogP contribution in [-0.4, -0.2) is 31.4 Å². The zero-order valence-corrected chi connectivity index (χ0v) is 12.9. The molecule has 0 aliphatic heterocycles. The van der Waals surface area contributed by atoms with Gasteiger partial charge in [-0.3, -0.25) is 4.79 Å². The highest BCUT2D eigenvalue weighted by atomic mass is 35.5. The average Bonchev–Trinajstić information content (AvgIpc) is 2.43. The Hall–Kier alpha value is -0.710. The summed E-state index contributed by atoms with van der Waals surface area (Å²) in [4.78, 5) is 11.6. The van der Waals surface area contributed by atoms with E-state index in [4.69, 9.17) is 16.3 Å². The first-order chi connectivity index (χ1) is 9.19. The van der Waals surface area contributed by atoms with Crippen molar-refractivity contribution in [2.24, 2.45) is 0 Å². The standard InChI is InChI=1S/C14H20ClNO2S/c1-3-8-16-13(14(17)18-2)10-19-9-11-6-4-5-7-12(11)15/h4-7,13,16H,3,8-10H2,1-2H3. The minimum Gasteiger partial charge on any atom is -0.468 e. The predicted molar refractivity (Wildman–Crippen MR) is 81.7 cm³/mol. The van der Waals surface area contributed by atoms with Crippen molar-refractivity contribution < 1.29 is 9.53 Å². The highest BCUT2D eigenvalue weighted by Crippen LogP contribution is 2.21. The molecule has 1 N–H and O–H groups in total.